The monoisotopic (exact) mass is 336 g/mol. The Hall–Kier alpha value is -1.95. The van der Waals surface area contributed by atoms with Crippen LogP contribution in [0.4, 0.5) is 4.39 Å². The molecule has 1 amide bonds. The number of halogens is 1. The van der Waals surface area contributed by atoms with Gasteiger partial charge in [0.25, 0.3) is 0 Å². The summed E-state index contributed by atoms with van der Waals surface area (Å²) in [6.45, 7) is 4.00. The molecule has 0 atom stereocenters. The molecule has 0 saturated carbocycles. The number of carbonyl (C=O) groups excluding carboxylic acids is 1. The molecule has 1 aromatic carbocycles. The second-order valence-electron chi connectivity index (χ2n) is 6.23. The number of carboxylic acids is 1. The number of unbranched alkanes of at least 4 members (excludes halogenated alkanes) is 1. The Kier molecular flexibility index (Phi) is 7.18. The van der Waals surface area contributed by atoms with Gasteiger partial charge >= 0.3 is 5.97 Å². The number of hydrogen-bond donors (Lipinski definition) is 1. The Bertz CT molecular complexity index is 565. The summed E-state index contributed by atoms with van der Waals surface area (Å²) < 4.78 is 13.2. The van der Waals surface area contributed by atoms with Gasteiger partial charge in [0, 0.05) is 26.1 Å². The summed E-state index contributed by atoms with van der Waals surface area (Å²) in [6.07, 6.45) is 2.91. The van der Waals surface area contributed by atoms with E-state index in [1.165, 1.54) is 12.1 Å². The number of aliphatic carboxylic acids is 1. The van der Waals surface area contributed by atoms with Crippen LogP contribution in [0.2, 0.25) is 0 Å². The van der Waals surface area contributed by atoms with Gasteiger partial charge in [-0.3, -0.25) is 9.59 Å². The highest BCUT2D eigenvalue weighted by Crippen LogP contribution is 2.10. The van der Waals surface area contributed by atoms with E-state index in [-0.39, 0.29) is 24.6 Å². The zero-order valence-corrected chi connectivity index (χ0v) is 13.9. The SMILES string of the molecule is O=C(O)CCCCN1CCCN(C(=O)Cc2cccc(F)c2)CC1. The molecule has 2 rings (SSSR count). The van der Waals surface area contributed by atoms with Crippen LogP contribution in [0.3, 0.4) is 0 Å². The second kappa shape index (κ2) is 9.37. The fourth-order valence-electron chi connectivity index (χ4n) is 2.99. The number of hydrogen-bond acceptors (Lipinski definition) is 3. The Morgan fingerprint density at radius 2 is 1.96 bits per heavy atom. The number of benzene rings is 1. The fraction of sp³-hybridized carbons (Fsp3) is 0.556. The van der Waals surface area contributed by atoms with Crippen LogP contribution < -0.4 is 0 Å². The maximum Gasteiger partial charge on any atom is 0.303 e. The van der Waals surface area contributed by atoms with Gasteiger partial charge in [-0.05, 0) is 50.0 Å². The molecule has 132 valence electrons. The Morgan fingerprint density at radius 1 is 1.12 bits per heavy atom. The molecular formula is C18H25FN2O3. The molecule has 1 aliphatic heterocycles. The molecule has 0 radical (unpaired) electrons. The maximum absolute atomic E-state index is 13.2. The van der Waals surface area contributed by atoms with Crippen LogP contribution in [0.1, 0.15) is 31.2 Å². The van der Waals surface area contributed by atoms with Crippen LogP contribution in [0.5, 0.6) is 0 Å². The first-order chi connectivity index (χ1) is 11.5. The lowest BCUT2D eigenvalue weighted by Crippen LogP contribution is -2.36. The van der Waals surface area contributed by atoms with Crippen molar-refractivity contribution in [2.75, 3.05) is 32.7 Å². The van der Waals surface area contributed by atoms with E-state index in [2.05, 4.69) is 4.90 Å². The summed E-state index contributed by atoms with van der Waals surface area (Å²) in [5.41, 5.74) is 0.703. The van der Waals surface area contributed by atoms with Crippen LogP contribution >= 0.6 is 0 Å². The lowest BCUT2D eigenvalue weighted by atomic mass is 10.1. The van der Waals surface area contributed by atoms with Crippen molar-refractivity contribution in [2.24, 2.45) is 0 Å². The number of amides is 1. The van der Waals surface area contributed by atoms with Crippen molar-refractivity contribution in [3.8, 4) is 0 Å². The summed E-state index contributed by atoms with van der Waals surface area (Å²) in [4.78, 5) is 27.0. The number of rotatable bonds is 7. The van der Waals surface area contributed by atoms with E-state index in [0.717, 1.165) is 39.0 Å². The molecule has 1 fully saturated rings. The molecule has 5 nitrogen and oxygen atoms in total. The van der Waals surface area contributed by atoms with Crippen molar-refractivity contribution in [3.63, 3.8) is 0 Å². The molecule has 1 N–H and O–H groups in total. The zero-order chi connectivity index (χ0) is 17.4. The fourth-order valence-corrected chi connectivity index (χ4v) is 2.99. The zero-order valence-electron chi connectivity index (χ0n) is 13.9. The minimum absolute atomic E-state index is 0.0355. The average molecular weight is 336 g/mol. The van der Waals surface area contributed by atoms with Crippen molar-refractivity contribution in [3.05, 3.63) is 35.6 Å². The largest absolute Gasteiger partial charge is 0.481 e. The average Bonchev–Trinajstić information content (AvgIpc) is 2.77. The quantitative estimate of drug-likeness (QED) is 0.775. The highest BCUT2D eigenvalue weighted by atomic mass is 19.1. The molecular weight excluding hydrogens is 311 g/mol. The predicted octanol–water partition coefficient (Wildman–Crippen LogP) is 2.16. The molecule has 0 aromatic heterocycles. The van der Waals surface area contributed by atoms with Crippen molar-refractivity contribution >= 4 is 11.9 Å². The summed E-state index contributed by atoms with van der Waals surface area (Å²) in [7, 11) is 0. The van der Waals surface area contributed by atoms with Crippen LogP contribution in [-0.4, -0.2) is 59.5 Å². The summed E-state index contributed by atoms with van der Waals surface area (Å²) >= 11 is 0. The maximum atomic E-state index is 13.2. The van der Waals surface area contributed by atoms with Gasteiger partial charge in [-0.2, -0.15) is 0 Å². The van der Waals surface area contributed by atoms with E-state index in [1.807, 2.05) is 4.90 Å². The molecule has 1 aliphatic rings. The number of carbonyl (C=O) groups is 2. The minimum atomic E-state index is -0.750. The summed E-state index contributed by atoms with van der Waals surface area (Å²) in [5.74, 6) is -1.03. The number of carboxylic acid groups (broad SMARTS) is 1. The lowest BCUT2D eigenvalue weighted by Gasteiger charge is -2.22. The van der Waals surface area contributed by atoms with Crippen LogP contribution in [0, 0.1) is 5.82 Å². The Balaban J connectivity index is 1.75. The first-order valence-electron chi connectivity index (χ1n) is 8.51. The number of nitrogens with zero attached hydrogens (tertiary/aromatic N) is 2. The van der Waals surface area contributed by atoms with Crippen molar-refractivity contribution < 1.29 is 19.1 Å². The van der Waals surface area contributed by atoms with Crippen LogP contribution in [-0.2, 0) is 16.0 Å². The molecule has 1 aromatic rings. The molecule has 24 heavy (non-hydrogen) atoms. The van der Waals surface area contributed by atoms with Gasteiger partial charge in [0.15, 0.2) is 0 Å². The van der Waals surface area contributed by atoms with Crippen molar-refractivity contribution in [1.82, 2.24) is 9.80 Å². The lowest BCUT2D eigenvalue weighted by molar-refractivity contribution is -0.137. The highest BCUT2D eigenvalue weighted by molar-refractivity contribution is 5.78. The standard InChI is InChI=1S/C18H25FN2O3/c19-16-6-3-5-15(13-16)14-17(22)21-10-4-9-20(11-12-21)8-2-1-7-18(23)24/h3,5-6,13H,1-2,4,7-12,14H2,(H,23,24). The molecule has 1 heterocycles. The van der Waals surface area contributed by atoms with Crippen LogP contribution in [0.25, 0.3) is 0 Å². The van der Waals surface area contributed by atoms with E-state index in [9.17, 15) is 14.0 Å². The van der Waals surface area contributed by atoms with E-state index < -0.39 is 5.97 Å². The first kappa shape index (κ1) is 18.4. The second-order valence-corrected chi connectivity index (χ2v) is 6.23. The molecule has 0 unspecified atom stereocenters. The minimum Gasteiger partial charge on any atom is -0.481 e. The van der Waals surface area contributed by atoms with E-state index in [1.54, 1.807) is 12.1 Å². The molecule has 0 bridgehead atoms. The Labute approximate surface area is 142 Å². The van der Waals surface area contributed by atoms with E-state index in [4.69, 9.17) is 5.11 Å². The van der Waals surface area contributed by atoms with E-state index >= 15 is 0 Å². The smallest absolute Gasteiger partial charge is 0.303 e. The molecule has 1 saturated heterocycles. The summed E-state index contributed by atoms with van der Waals surface area (Å²) in [5, 5.41) is 8.65. The normalized spacial score (nSPS) is 16.0. The van der Waals surface area contributed by atoms with Crippen molar-refractivity contribution in [2.45, 2.75) is 32.1 Å². The third kappa shape index (κ3) is 6.28. The predicted molar refractivity (Wildman–Crippen MR) is 89.2 cm³/mol. The highest BCUT2D eigenvalue weighted by Gasteiger charge is 2.19. The van der Waals surface area contributed by atoms with Gasteiger partial charge in [-0.1, -0.05) is 12.1 Å². The first-order valence-corrected chi connectivity index (χ1v) is 8.51. The van der Waals surface area contributed by atoms with Crippen LogP contribution in [0.15, 0.2) is 24.3 Å². The van der Waals surface area contributed by atoms with E-state index in [0.29, 0.717) is 18.5 Å². The molecule has 0 spiro atoms. The van der Waals surface area contributed by atoms with Gasteiger partial charge in [0.1, 0.15) is 5.82 Å². The third-order valence-corrected chi connectivity index (χ3v) is 4.30. The van der Waals surface area contributed by atoms with Gasteiger partial charge in [-0.15, -0.1) is 0 Å². The molecule has 0 aliphatic carbocycles. The van der Waals surface area contributed by atoms with Crippen molar-refractivity contribution in [1.29, 1.82) is 0 Å². The van der Waals surface area contributed by atoms with Gasteiger partial charge < -0.3 is 14.9 Å². The Morgan fingerprint density at radius 3 is 2.71 bits per heavy atom. The van der Waals surface area contributed by atoms with Gasteiger partial charge in [-0.25, -0.2) is 4.39 Å². The molecule has 6 heteroatoms. The van der Waals surface area contributed by atoms with Gasteiger partial charge in [0.05, 0.1) is 6.42 Å². The summed E-state index contributed by atoms with van der Waals surface area (Å²) in [6, 6.07) is 6.18. The third-order valence-electron chi connectivity index (χ3n) is 4.30. The van der Waals surface area contributed by atoms with Gasteiger partial charge in [0.2, 0.25) is 5.91 Å². The topological polar surface area (TPSA) is 60.9 Å².